The molecule has 2 heteroatoms. The third-order valence-corrected chi connectivity index (χ3v) is 2.40. The summed E-state index contributed by atoms with van der Waals surface area (Å²) in [6, 6.07) is 5.81. The van der Waals surface area contributed by atoms with E-state index in [4.69, 9.17) is 0 Å². The van der Waals surface area contributed by atoms with Gasteiger partial charge in [0.15, 0.2) is 0 Å². The third kappa shape index (κ3) is 1.90. The third-order valence-electron chi connectivity index (χ3n) is 1.67. The van der Waals surface area contributed by atoms with Crippen LogP contribution in [0.1, 0.15) is 12.5 Å². The SMILES string of the molecule is CCc1ccc(SC)cc1O. The van der Waals surface area contributed by atoms with Crippen LogP contribution < -0.4 is 0 Å². The first-order valence-corrected chi connectivity index (χ1v) is 4.86. The smallest absolute Gasteiger partial charge is 0.119 e. The van der Waals surface area contributed by atoms with E-state index in [-0.39, 0.29) is 0 Å². The molecule has 0 amide bonds. The molecule has 0 saturated heterocycles. The summed E-state index contributed by atoms with van der Waals surface area (Å²) < 4.78 is 0. The van der Waals surface area contributed by atoms with Crippen LogP contribution in [0.4, 0.5) is 0 Å². The molecule has 0 bridgehead atoms. The maximum Gasteiger partial charge on any atom is 0.119 e. The van der Waals surface area contributed by atoms with Gasteiger partial charge in [0.1, 0.15) is 5.75 Å². The molecule has 0 fully saturated rings. The Morgan fingerprint density at radius 3 is 2.64 bits per heavy atom. The van der Waals surface area contributed by atoms with Gasteiger partial charge in [0.05, 0.1) is 0 Å². The van der Waals surface area contributed by atoms with Crippen LogP contribution in [0.15, 0.2) is 23.1 Å². The molecule has 0 spiro atoms. The molecule has 0 aliphatic carbocycles. The molecule has 0 radical (unpaired) electrons. The lowest BCUT2D eigenvalue weighted by atomic mass is 10.1. The normalized spacial score (nSPS) is 10.0. The first kappa shape index (κ1) is 8.47. The highest BCUT2D eigenvalue weighted by molar-refractivity contribution is 7.98. The van der Waals surface area contributed by atoms with E-state index in [0.717, 1.165) is 16.9 Å². The van der Waals surface area contributed by atoms with Crippen molar-refractivity contribution in [2.45, 2.75) is 18.2 Å². The van der Waals surface area contributed by atoms with Crippen molar-refractivity contribution in [3.63, 3.8) is 0 Å². The van der Waals surface area contributed by atoms with Crippen molar-refractivity contribution in [3.05, 3.63) is 23.8 Å². The number of phenols is 1. The Labute approximate surface area is 71.4 Å². The maximum atomic E-state index is 9.41. The van der Waals surface area contributed by atoms with Gasteiger partial charge in [0.25, 0.3) is 0 Å². The molecule has 11 heavy (non-hydrogen) atoms. The maximum absolute atomic E-state index is 9.41. The number of rotatable bonds is 2. The van der Waals surface area contributed by atoms with Gasteiger partial charge in [-0.1, -0.05) is 13.0 Å². The van der Waals surface area contributed by atoms with Crippen LogP contribution in [0.2, 0.25) is 0 Å². The number of hydrogen-bond donors (Lipinski definition) is 1. The minimum atomic E-state index is 0.416. The molecule has 0 aliphatic heterocycles. The first-order valence-electron chi connectivity index (χ1n) is 3.63. The summed E-state index contributed by atoms with van der Waals surface area (Å²) in [6.45, 7) is 2.04. The van der Waals surface area contributed by atoms with Crippen molar-refractivity contribution in [1.29, 1.82) is 0 Å². The predicted octanol–water partition coefficient (Wildman–Crippen LogP) is 2.68. The number of aryl methyl sites for hydroxylation is 1. The summed E-state index contributed by atoms with van der Waals surface area (Å²) in [5.41, 5.74) is 1.02. The van der Waals surface area contributed by atoms with Crippen molar-refractivity contribution in [1.82, 2.24) is 0 Å². The zero-order valence-electron chi connectivity index (χ0n) is 6.79. The van der Waals surface area contributed by atoms with E-state index in [1.807, 2.05) is 31.4 Å². The summed E-state index contributed by atoms with van der Waals surface area (Å²) in [6.07, 6.45) is 2.89. The number of benzene rings is 1. The molecule has 0 heterocycles. The fourth-order valence-electron chi connectivity index (χ4n) is 0.970. The Morgan fingerprint density at radius 2 is 2.18 bits per heavy atom. The standard InChI is InChI=1S/C9H12OS/c1-3-7-4-5-8(11-2)6-9(7)10/h4-6,10H,3H2,1-2H3. The Kier molecular flexibility index (Phi) is 2.83. The highest BCUT2D eigenvalue weighted by Gasteiger charge is 1.98. The van der Waals surface area contributed by atoms with Gasteiger partial charge in [0.2, 0.25) is 0 Å². The molecule has 0 unspecified atom stereocenters. The summed E-state index contributed by atoms with van der Waals surface area (Å²) in [5.74, 6) is 0.416. The number of aromatic hydroxyl groups is 1. The fourth-order valence-corrected chi connectivity index (χ4v) is 1.40. The molecular weight excluding hydrogens is 156 g/mol. The van der Waals surface area contributed by atoms with Crippen LogP contribution in [-0.4, -0.2) is 11.4 Å². The van der Waals surface area contributed by atoms with Crippen molar-refractivity contribution in [2.24, 2.45) is 0 Å². The average molecular weight is 168 g/mol. The van der Waals surface area contributed by atoms with Crippen LogP contribution >= 0.6 is 11.8 Å². The number of hydrogen-bond acceptors (Lipinski definition) is 2. The summed E-state index contributed by atoms with van der Waals surface area (Å²) in [5, 5.41) is 9.41. The summed E-state index contributed by atoms with van der Waals surface area (Å²) in [4.78, 5) is 1.11. The second-order valence-electron chi connectivity index (χ2n) is 2.35. The Morgan fingerprint density at radius 1 is 1.45 bits per heavy atom. The molecule has 1 rings (SSSR count). The van der Waals surface area contributed by atoms with E-state index in [1.54, 1.807) is 11.8 Å². The highest BCUT2D eigenvalue weighted by atomic mass is 32.2. The van der Waals surface area contributed by atoms with Gasteiger partial charge in [-0.05, 0) is 30.4 Å². The Balaban J connectivity index is 2.99. The van der Waals surface area contributed by atoms with Crippen LogP contribution in [-0.2, 0) is 6.42 Å². The van der Waals surface area contributed by atoms with E-state index in [1.165, 1.54) is 0 Å². The molecular formula is C9H12OS. The minimum absolute atomic E-state index is 0.416. The van der Waals surface area contributed by atoms with E-state index >= 15 is 0 Å². The van der Waals surface area contributed by atoms with Crippen molar-refractivity contribution in [2.75, 3.05) is 6.26 Å². The lowest BCUT2D eigenvalue weighted by molar-refractivity contribution is 0.467. The number of phenolic OH excluding ortho intramolecular Hbond substituents is 1. The van der Waals surface area contributed by atoms with Gasteiger partial charge < -0.3 is 5.11 Å². The lowest BCUT2D eigenvalue weighted by Crippen LogP contribution is -1.80. The quantitative estimate of drug-likeness (QED) is 0.685. The predicted molar refractivity (Wildman–Crippen MR) is 49.3 cm³/mol. The van der Waals surface area contributed by atoms with E-state index in [2.05, 4.69) is 0 Å². The average Bonchev–Trinajstić information content (AvgIpc) is 2.04. The zero-order chi connectivity index (χ0) is 8.27. The molecule has 0 aromatic heterocycles. The highest BCUT2D eigenvalue weighted by Crippen LogP contribution is 2.24. The van der Waals surface area contributed by atoms with Gasteiger partial charge in [-0.15, -0.1) is 11.8 Å². The van der Waals surface area contributed by atoms with Crippen LogP contribution in [0.25, 0.3) is 0 Å². The number of thioether (sulfide) groups is 1. The minimum Gasteiger partial charge on any atom is -0.508 e. The largest absolute Gasteiger partial charge is 0.508 e. The van der Waals surface area contributed by atoms with Gasteiger partial charge in [-0.3, -0.25) is 0 Å². The zero-order valence-corrected chi connectivity index (χ0v) is 7.61. The van der Waals surface area contributed by atoms with Gasteiger partial charge >= 0.3 is 0 Å². The van der Waals surface area contributed by atoms with Crippen LogP contribution in [0, 0.1) is 0 Å². The monoisotopic (exact) mass is 168 g/mol. The van der Waals surface area contributed by atoms with Gasteiger partial charge in [-0.2, -0.15) is 0 Å². The topological polar surface area (TPSA) is 20.2 Å². The first-order chi connectivity index (χ1) is 5.27. The van der Waals surface area contributed by atoms with Crippen molar-refractivity contribution >= 4 is 11.8 Å². The molecule has 60 valence electrons. The van der Waals surface area contributed by atoms with Crippen molar-refractivity contribution < 1.29 is 5.11 Å². The molecule has 0 saturated carbocycles. The van der Waals surface area contributed by atoms with Gasteiger partial charge in [0, 0.05) is 4.90 Å². The summed E-state index contributed by atoms with van der Waals surface area (Å²) >= 11 is 1.64. The van der Waals surface area contributed by atoms with Crippen LogP contribution in [0.5, 0.6) is 5.75 Å². The van der Waals surface area contributed by atoms with E-state index in [9.17, 15) is 5.11 Å². The van der Waals surface area contributed by atoms with Crippen LogP contribution in [0.3, 0.4) is 0 Å². The second kappa shape index (κ2) is 3.67. The van der Waals surface area contributed by atoms with E-state index < -0.39 is 0 Å². The molecule has 1 N–H and O–H groups in total. The lowest BCUT2D eigenvalue weighted by Gasteiger charge is -2.02. The Bertz CT molecular complexity index is 245. The summed E-state index contributed by atoms with van der Waals surface area (Å²) in [7, 11) is 0. The molecule has 0 atom stereocenters. The van der Waals surface area contributed by atoms with Gasteiger partial charge in [-0.25, -0.2) is 0 Å². The molecule has 1 aromatic carbocycles. The second-order valence-corrected chi connectivity index (χ2v) is 3.23. The fraction of sp³-hybridized carbons (Fsp3) is 0.333. The molecule has 1 nitrogen and oxygen atoms in total. The van der Waals surface area contributed by atoms with E-state index in [0.29, 0.717) is 5.75 Å². The molecule has 1 aromatic rings. The Hall–Kier alpha value is -0.630. The molecule has 0 aliphatic rings. The van der Waals surface area contributed by atoms with Crippen molar-refractivity contribution in [3.8, 4) is 5.75 Å².